The van der Waals surface area contributed by atoms with Crippen LogP contribution in [0.2, 0.25) is 0 Å². The second kappa shape index (κ2) is 4.44. The number of Topliss-reactive ketones (excluding diaryl/α,β-unsaturated/α-hetero) is 1. The Labute approximate surface area is 95.1 Å². The minimum absolute atomic E-state index is 0.0396. The van der Waals surface area contributed by atoms with E-state index < -0.39 is 0 Å². The summed E-state index contributed by atoms with van der Waals surface area (Å²) in [7, 11) is 0. The molecule has 1 heterocycles. The molecule has 0 N–H and O–H groups in total. The molecule has 1 fully saturated rings. The maximum Gasteiger partial charge on any atom is 0.178 e. The van der Waals surface area contributed by atoms with E-state index in [1.807, 2.05) is 6.07 Å². The van der Waals surface area contributed by atoms with Crippen LogP contribution in [0, 0.1) is 17.2 Å². The van der Waals surface area contributed by atoms with Gasteiger partial charge in [-0.1, -0.05) is 18.9 Å². The molecule has 0 aromatic carbocycles. The number of pyridine rings is 1. The second-order valence-corrected chi connectivity index (χ2v) is 4.39. The topological polar surface area (TPSA) is 53.8 Å². The highest BCUT2D eigenvalue weighted by Gasteiger charge is 2.26. The molecule has 1 aromatic heterocycles. The van der Waals surface area contributed by atoms with Crippen LogP contribution in [-0.4, -0.2) is 10.8 Å². The molecule has 0 radical (unpaired) electrons. The zero-order valence-electron chi connectivity index (χ0n) is 9.31. The van der Waals surface area contributed by atoms with E-state index in [2.05, 4.69) is 11.1 Å². The van der Waals surface area contributed by atoms with Crippen LogP contribution in [0.25, 0.3) is 0 Å². The molecule has 1 saturated carbocycles. The Kier molecular flexibility index (Phi) is 3.00. The number of hydrogen-bond donors (Lipinski definition) is 0. The van der Waals surface area contributed by atoms with Crippen LogP contribution in [0.3, 0.4) is 0 Å². The lowest BCUT2D eigenvalue weighted by Gasteiger charge is -2.08. The molecule has 16 heavy (non-hydrogen) atoms. The van der Waals surface area contributed by atoms with Crippen molar-refractivity contribution in [1.82, 2.24) is 4.98 Å². The van der Waals surface area contributed by atoms with Crippen LogP contribution < -0.4 is 0 Å². The van der Waals surface area contributed by atoms with Crippen LogP contribution in [0.5, 0.6) is 0 Å². The van der Waals surface area contributed by atoms with Gasteiger partial charge in [0, 0.05) is 13.1 Å². The second-order valence-electron chi connectivity index (χ2n) is 4.39. The molecule has 1 aromatic rings. The number of nitrogens with zero attached hydrogens (tertiary/aromatic N) is 2. The third-order valence-electron chi connectivity index (χ3n) is 2.97. The fraction of sp³-hybridized carbons (Fsp3) is 0.462. The Hall–Kier alpha value is -1.69. The summed E-state index contributed by atoms with van der Waals surface area (Å²) in [5, 5.41) is 9.09. The normalized spacial score (nSPS) is 16.5. The Balaban J connectivity index is 2.12. The standard InChI is InChI=1S/C13H14N2O/c1-9(16)13-5-4-11(8-15-13)12(7-14)6-10-2-3-10/h4-5,8,10,12H,2-3,6H2,1H3/t12-/m0/s1. The minimum Gasteiger partial charge on any atom is -0.293 e. The van der Waals surface area contributed by atoms with Gasteiger partial charge in [-0.05, 0) is 24.0 Å². The van der Waals surface area contributed by atoms with Gasteiger partial charge >= 0.3 is 0 Å². The van der Waals surface area contributed by atoms with Gasteiger partial charge < -0.3 is 0 Å². The zero-order valence-corrected chi connectivity index (χ0v) is 9.31. The van der Waals surface area contributed by atoms with Crippen LogP contribution in [0.1, 0.15) is 48.2 Å². The summed E-state index contributed by atoms with van der Waals surface area (Å²) in [5.41, 5.74) is 1.39. The summed E-state index contributed by atoms with van der Waals surface area (Å²) in [6, 6.07) is 5.86. The van der Waals surface area contributed by atoms with Gasteiger partial charge in [0.2, 0.25) is 0 Å². The fourth-order valence-corrected chi connectivity index (χ4v) is 1.77. The first kappa shape index (κ1) is 10.8. The van der Waals surface area contributed by atoms with Gasteiger partial charge in [0.1, 0.15) is 5.69 Å². The number of carbonyl (C=O) groups excluding carboxylic acids is 1. The largest absolute Gasteiger partial charge is 0.293 e. The SMILES string of the molecule is CC(=O)c1ccc([C@H](C#N)CC2CC2)cn1. The molecule has 0 aliphatic heterocycles. The number of carbonyl (C=O) groups is 1. The predicted molar refractivity (Wildman–Crippen MR) is 59.9 cm³/mol. The zero-order chi connectivity index (χ0) is 11.5. The summed E-state index contributed by atoms with van der Waals surface area (Å²) in [6.45, 7) is 1.49. The smallest absolute Gasteiger partial charge is 0.178 e. The van der Waals surface area contributed by atoms with E-state index in [0.29, 0.717) is 5.69 Å². The maximum absolute atomic E-state index is 11.1. The summed E-state index contributed by atoms with van der Waals surface area (Å²) in [6.07, 6.45) is 5.08. The van der Waals surface area contributed by atoms with E-state index in [4.69, 9.17) is 5.26 Å². The number of aromatic nitrogens is 1. The summed E-state index contributed by atoms with van der Waals surface area (Å²) in [4.78, 5) is 15.1. The summed E-state index contributed by atoms with van der Waals surface area (Å²) < 4.78 is 0. The van der Waals surface area contributed by atoms with E-state index in [1.54, 1.807) is 12.3 Å². The molecule has 82 valence electrons. The van der Waals surface area contributed by atoms with Crippen molar-refractivity contribution in [2.45, 2.75) is 32.1 Å². The Morgan fingerprint density at radius 3 is 2.81 bits per heavy atom. The van der Waals surface area contributed by atoms with Crippen molar-refractivity contribution in [3.8, 4) is 6.07 Å². The van der Waals surface area contributed by atoms with Crippen LogP contribution >= 0.6 is 0 Å². The highest BCUT2D eigenvalue weighted by molar-refractivity contribution is 5.91. The summed E-state index contributed by atoms with van der Waals surface area (Å²) >= 11 is 0. The van der Waals surface area contributed by atoms with Crippen LogP contribution in [-0.2, 0) is 0 Å². The third kappa shape index (κ3) is 2.46. The van der Waals surface area contributed by atoms with Crippen LogP contribution in [0.15, 0.2) is 18.3 Å². The summed E-state index contributed by atoms with van der Waals surface area (Å²) in [5.74, 6) is 0.611. The lowest BCUT2D eigenvalue weighted by molar-refractivity contribution is 0.101. The molecule has 1 aliphatic carbocycles. The average Bonchev–Trinajstić information content (AvgIpc) is 3.10. The first-order valence-corrected chi connectivity index (χ1v) is 5.57. The molecule has 0 unspecified atom stereocenters. The van der Waals surface area contributed by atoms with Gasteiger partial charge in [0.05, 0.1) is 12.0 Å². The van der Waals surface area contributed by atoms with Gasteiger partial charge in [-0.2, -0.15) is 5.26 Å². The molecule has 3 nitrogen and oxygen atoms in total. The van der Waals surface area contributed by atoms with E-state index >= 15 is 0 Å². The predicted octanol–water partition coefficient (Wildman–Crippen LogP) is 2.69. The van der Waals surface area contributed by atoms with Crippen LogP contribution in [0.4, 0.5) is 0 Å². The number of hydrogen-bond acceptors (Lipinski definition) is 3. The Morgan fingerprint density at radius 1 is 1.62 bits per heavy atom. The van der Waals surface area contributed by atoms with Gasteiger partial charge in [-0.25, -0.2) is 0 Å². The molecule has 3 heteroatoms. The third-order valence-corrected chi connectivity index (χ3v) is 2.97. The maximum atomic E-state index is 11.1. The van der Waals surface area contributed by atoms with Gasteiger partial charge in [0.25, 0.3) is 0 Å². The van der Waals surface area contributed by atoms with Gasteiger partial charge in [-0.3, -0.25) is 9.78 Å². The highest BCUT2D eigenvalue weighted by atomic mass is 16.1. The van der Waals surface area contributed by atoms with Crippen molar-refractivity contribution in [1.29, 1.82) is 5.26 Å². The van der Waals surface area contributed by atoms with Crippen molar-refractivity contribution >= 4 is 5.78 Å². The Morgan fingerprint density at radius 2 is 2.38 bits per heavy atom. The number of rotatable bonds is 4. The molecule has 0 spiro atoms. The van der Waals surface area contributed by atoms with E-state index in [9.17, 15) is 4.79 Å². The first-order valence-electron chi connectivity index (χ1n) is 5.57. The van der Waals surface area contributed by atoms with E-state index in [0.717, 1.165) is 17.9 Å². The highest BCUT2D eigenvalue weighted by Crippen LogP contribution is 2.38. The van der Waals surface area contributed by atoms with Crippen molar-refractivity contribution in [2.24, 2.45) is 5.92 Å². The molecular weight excluding hydrogens is 200 g/mol. The quantitative estimate of drug-likeness (QED) is 0.724. The number of ketones is 1. The molecule has 2 rings (SSSR count). The lowest BCUT2D eigenvalue weighted by Crippen LogP contribution is -2.01. The monoisotopic (exact) mass is 214 g/mol. The van der Waals surface area contributed by atoms with Crippen molar-refractivity contribution < 1.29 is 4.79 Å². The van der Waals surface area contributed by atoms with E-state index in [1.165, 1.54) is 19.8 Å². The van der Waals surface area contributed by atoms with Crippen molar-refractivity contribution in [3.05, 3.63) is 29.6 Å². The molecule has 0 saturated heterocycles. The van der Waals surface area contributed by atoms with Gasteiger partial charge in [-0.15, -0.1) is 0 Å². The molecular formula is C13H14N2O. The first-order chi connectivity index (χ1) is 7.70. The van der Waals surface area contributed by atoms with E-state index in [-0.39, 0.29) is 11.7 Å². The molecule has 0 bridgehead atoms. The number of nitriles is 1. The lowest BCUT2D eigenvalue weighted by atomic mass is 9.96. The average molecular weight is 214 g/mol. The molecule has 1 atom stereocenters. The molecule has 0 amide bonds. The molecule has 1 aliphatic rings. The fourth-order valence-electron chi connectivity index (χ4n) is 1.77. The minimum atomic E-state index is -0.0685. The van der Waals surface area contributed by atoms with Crippen molar-refractivity contribution in [3.63, 3.8) is 0 Å². The van der Waals surface area contributed by atoms with Crippen molar-refractivity contribution in [2.75, 3.05) is 0 Å². The van der Waals surface area contributed by atoms with Gasteiger partial charge in [0.15, 0.2) is 5.78 Å². The Bertz CT molecular complexity index is 426.